The lowest BCUT2D eigenvalue weighted by molar-refractivity contribution is 0.275. The van der Waals surface area contributed by atoms with Crippen LogP contribution in [0.5, 0.6) is 0 Å². The second-order valence-corrected chi connectivity index (χ2v) is 6.45. The molecule has 2 aromatic rings. The number of aliphatic hydroxyl groups excluding tert-OH is 1. The van der Waals surface area contributed by atoms with E-state index in [0.29, 0.717) is 5.69 Å². The quantitative estimate of drug-likeness (QED) is 0.912. The van der Waals surface area contributed by atoms with Crippen molar-refractivity contribution in [1.82, 2.24) is 0 Å². The predicted molar refractivity (Wildman–Crippen MR) is 79.0 cm³/mol. The summed E-state index contributed by atoms with van der Waals surface area (Å²) in [7, 11) is -3.83. The van der Waals surface area contributed by atoms with Crippen LogP contribution >= 0.6 is 0 Å². The van der Waals surface area contributed by atoms with Crippen molar-refractivity contribution >= 4 is 15.7 Å². The Bertz CT molecular complexity index is 772. The van der Waals surface area contributed by atoms with Gasteiger partial charge in [-0.05, 0) is 49.2 Å². The molecule has 2 rings (SSSR count). The maximum absolute atomic E-state index is 13.3. The summed E-state index contributed by atoms with van der Waals surface area (Å²) >= 11 is 0. The molecule has 2 N–H and O–H groups in total. The van der Waals surface area contributed by atoms with Gasteiger partial charge < -0.3 is 5.11 Å². The summed E-state index contributed by atoms with van der Waals surface area (Å²) in [6, 6.07) is 8.63. The van der Waals surface area contributed by atoms with Crippen molar-refractivity contribution in [3.05, 3.63) is 58.9 Å². The highest BCUT2D eigenvalue weighted by atomic mass is 32.2. The first-order chi connectivity index (χ1) is 9.85. The molecule has 2 aromatic carbocycles. The van der Waals surface area contributed by atoms with E-state index in [1.165, 1.54) is 6.07 Å². The molecule has 0 atom stereocenters. The highest BCUT2D eigenvalue weighted by Gasteiger charge is 2.17. The highest BCUT2D eigenvalue weighted by molar-refractivity contribution is 7.92. The fourth-order valence-corrected chi connectivity index (χ4v) is 3.08. The number of halogens is 1. The Balaban J connectivity index is 2.41. The molecule has 0 heterocycles. The van der Waals surface area contributed by atoms with Crippen molar-refractivity contribution < 1.29 is 17.9 Å². The topological polar surface area (TPSA) is 66.4 Å². The molecule has 6 heteroatoms. The van der Waals surface area contributed by atoms with Crippen molar-refractivity contribution in [1.29, 1.82) is 0 Å². The van der Waals surface area contributed by atoms with E-state index >= 15 is 0 Å². The molecule has 0 amide bonds. The van der Waals surface area contributed by atoms with Crippen LogP contribution in [0.1, 0.15) is 16.7 Å². The number of sulfonamides is 1. The molecular weight excluding hydrogens is 293 g/mol. The minimum atomic E-state index is -3.83. The lowest BCUT2D eigenvalue weighted by atomic mass is 10.1. The van der Waals surface area contributed by atoms with Gasteiger partial charge in [0.1, 0.15) is 5.82 Å². The standard InChI is InChI=1S/C15H16FNO3S/c1-10-4-3-5-15(11(10)2)17-21(19,20)13-6-7-14(16)12(8-13)9-18/h3-8,17-18H,9H2,1-2H3. The van der Waals surface area contributed by atoms with Gasteiger partial charge in [-0.2, -0.15) is 0 Å². The molecule has 0 aliphatic heterocycles. The Hall–Kier alpha value is -1.92. The summed E-state index contributed by atoms with van der Waals surface area (Å²) < 4.78 is 40.5. The Morgan fingerprint density at radius 3 is 2.57 bits per heavy atom. The van der Waals surface area contributed by atoms with Crippen LogP contribution in [0.3, 0.4) is 0 Å². The second-order valence-electron chi connectivity index (χ2n) is 4.76. The zero-order chi connectivity index (χ0) is 15.6. The molecule has 0 bridgehead atoms. The van der Waals surface area contributed by atoms with E-state index in [9.17, 15) is 12.8 Å². The summed E-state index contributed by atoms with van der Waals surface area (Å²) in [5.41, 5.74) is 2.21. The van der Waals surface area contributed by atoms with Crippen LogP contribution in [-0.2, 0) is 16.6 Å². The molecule has 0 radical (unpaired) electrons. The van der Waals surface area contributed by atoms with Gasteiger partial charge in [-0.3, -0.25) is 4.72 Å². The molecule has 0 saturated heterocycles. The van der Waals surface area contributed by atoms with Crippen LogP contribution in [0.15, 0.2) is 41.3 Å². The Morgan fingerprint density at radius 1 is 1.19 bits per heavy atom. The van der Waals surface area contributed by atoms with Crippen LogP contribution in [-0.4, -0.2) is 13.5 Å². The SMILES string of the molecule is Cc1cccc(NS(=O)(=O)c2ccc(F)c(CO)c2)c1C. The largest absolute Gasteiger partial charge is 0.392 e. The molecule has 4 nitrogen and oxygen atoms in total. The first-order valence-electron chi connectivity index (χ1n) is 6.33. The second kappa shape index (κ2) is 5.83. The molecule has 0 aromatic heterocycles. The summed E-state index contributed by atoms with van der Waals surface area (Å²) in [5.74, 6) is -0.636. The van der Waals surface area contributed by atoms with Crippen molar-refractivity contribution in [3.63, 3.8) is 0 Å². The lowest BCUT2D eigenvalue weighted by Crippen LogP contribution is -2.14. The van der Waals surface area contributed by atoms with E-state index in [-0.39, 0.29) is 10.5 Å². The maximum Gasteiger partial charge on any atom is 0.261 e. The van der Waals surface area contributed by atoms with Gasteiger partial charge in [0, 0.05) is 5.56 Å². The van der Waals surface area contributed by atoms with E-state index in [0.717, 1.165) is 23.3 Å². The van der Waals surface area contributed by atoms with Gasteiger partial charge in [0.05, 0.1) is 17.2 Å². The first-order valence-corrected chi connectivity index (χ1v) is 7.82. The van der Waals surface area contributed by atoms with Crippen LogP contribution < -0.4 is 4.72 Å². The van der Waals surface area contributed by atoms with E-state index in [2.05, 4.69) is 4.72 Å². The van der Waals surface area contributed by atoms with Crippen molar-refractivity contribution in [3.8, 4) is 0 Å². The fraction of sp³-hybridized carbons (Fsp3) is 0.200. The average Bonchev–Trinajstić information content (AvgIpc) is 2.44. The molecule has 112 valence electrons. The number of aliphatic hydroxyl groups is 1. The lowest BCUT2D eigenvalue weighted by Gasteiger charge is -2.12. The number of benzene rings is 2. The van der Waals surface area contributed by atoms with Crippen LogP contribution in [0.2, 0.25) is 0 Å². The maximum atomic E-state index is 13.3. The number of nitrogens with one attached hydrogen (secondary N) is 1. The third-order valence-corrected chi connectivity index (χ3v) is 4.71. The van der Waals surface area contributed by atoms with Crippen LogP contribution in [0, 0.1) is 19.7 Å². The van der Waals surface area contributed by atoms with Crippen molar-refractivity contribution in [2.45, 2.75) is 25.3 Å². The van der Waals surface area contributed by atoms with Gasteiger partial charge in [-0.15, -0.1) is 0 Å². The monoisotopic (exact) mass is 309 g/mol. The van der Waals surface area contributed by atoms with E-state index in [1.54, 1.807) is 12.1 Å². The van der Waals surface area contributed by atoms with E-state index in [1.807, 2.05) is 19.9 Å². The number of anilines is 1. The summed E-state index contributed by atoms with van der Waals surface area (Å²) in [4.78, 5) is -0.0890. The first kappa shape index (κ1) is 15.5. The minimum absolute atomic E-state index is 0.0566. The third-order valence-electron chi connectivity index (χ3n) is 3.35. The van der Waals surface area contributed by atoms with Gasteiger partial charge >= 0.3 is 0 Å². The summed E-state index contributed by atoms with van der Waals surface area (Å²) in [5, 5.41) is 9.02. The van der Waals surface area contributed by atoms with Gasteiger partial charge in [-0.25, -0.2) is 12.8 Å². The molecular formula is C15H16FNO3S. The Labute approximate surface area is 123 Å². The molecule has 21 heavy (non-hydrogen) atoms. The fourth-order valence-electron chi connectivity index (χ4n) is 1.90. The van der Waals surface area contributed by atoms with Gasteiger partial charge in [0.25, 0.3) is 10.0 Å². The molecule has 0 aliphatic rings. The number of hydrogen-bond donors (Lipinski definition) is 2. The predicted octanol–water partition coefficient (Wildman–Crippen LogP) is 2.74. The van der Waals surface area contributed by atoms with Gasteiger partial charge in [0.15, 0.2) is 0 Å². The van der Waals surface area contributed by atoms with Crippen LogP contribution in [0.25, 0.3) is 0 Å². The third kappa shape index (κ3) is 3.22. The van der Waals surface area contributed by atoms with Crippen molar-refractivity contribution in [2.75, 3.05) is 4.72 Å². The molecule has 0 fully saturated rings. The molecule has 0 spiro atoms. The molecule has 0 aliphatic carbocycles. The van der Waals surface area contributed by atoms with Crippen LogP contribution in [0.4, 0.5) is 10.1 Å². The normalized spacial score (nSPS) is 11.4. The van der Waals surface area contributed by atoms with Gasteiger partial charge in [-0.1, -0.05) is 12.1 Å². The minimum Gasteiger partial charge on any atom is -0.392 e. The molecule has 0 saturated carbocycles. The number of aryl methyl sites for hydroxylation is 1. The number of rotatable bonds is 4. The zero-order valence-electron chi connectivity index (χ0n) is 11.7. The number of hydrogen-bond acceptors (Lipinski definition) is 3. The smallest absolute Gasteiger partial charge is 0.261 e. The van der Waals surface area contributed by atoms with Gasteiger partial charge in [0.2, 0.25) is 0 Å². The van der Waals surface area contributed by atoms with E-state index in [4.69, 9.17) is 5.11 Å². The summed E-state index contributed by atoms with van der Waals surface area (Å²) in [6.07, 6.45) is 0. The summed E-state index contributed by atoms with van der Waals surface area (Å²) in [6.45, 7) is 3.14. The van der Waals surface area contributed by atoms with E-state index < -0.39 is 22.4 Å². The average molecular weight is 309 g/mol. The Kier molecular flexibility index (Phi) is 4.29. The highest BCUT2D eigenvalue weighted by Crippen LogP contribution is 2.23. The van der Waals surface area contributed by atoms with Crippen molar-refractivity contribution in [2.24, 2.45) is 0 Å². The zero-order valence-corrected chi connectivity index (χ0v) is 12.5. The Morgan fingerprint density at radius 2 is 1.90 bits per heavy atom. The molecule has 0 unspecified atom stereocenters.